The van der Waals surface area contributed by atoms with Gasteiger partial charge in [-0.2, -0.15) is 0 Å². The molecule has 1 aromatic heterocycles. The Morgan fingerprint density at radius 2 is 1.71 bits per heavy atom. The van der Waals surface area contributed by atoms with Crippen LogP contribution in [0.25, 0.3) is 11.3 Å². The number of aliphatic hydroxyl groups is 1. The van der Waals surface area contributed by atoms with Crippen molar-refractivity contribution in [2.24, 2.45) is 0 Å². The first kappa shape index (κ1) is 25.1. The van der Waals surface area contributed by atoms with Crippen LogP contribution in [0.2, 0.25) is 0 Å². The number of hydrogen-bond donors (Lipinski definition) is 3. The van der Waals surface area contributed by atoms with E-state index in [1.165, 1.54) is 4.90 Å². The van der Waals surface area contributed by atoms with Gasteiger partial charge in [0.15, 0.2) is 0 Å². The summed E-state index contributed by atoms with van der Waals surface area (Å²) in [5.74, 6) is -0.0226. The number of rotatable bonds is 9. The van der Waals surface area contributed by atoms with Gasteiger partial charge < -0.3 is 25.0 Å². The molecular formula is C27H33N3O4. The topological polar surface area (TPSA) is 94.7 Å². The third-order valence-corrected chi connectivity index (χ3v) is 5.17. The molecule has 0 fully saturated rings. The lowest BCUT2D eigenvalue weighted by molar-refractivity contribution is -0.127. The largest absolute Gasteiger partial charge is 0.494 e. The minimum Gasteiger partial charge on any atom is -0.494 e. The van der Waals surface area contributed by atoms with Crippen molar-refractivity contribution in [3.8, 4) is 17.0 Å². The molecule has 1 heterocycles. The zero-order valence-electron chi connectivity index (χ0n) is 20.2. The molecule has 0 spiro atoms. The van der Waals surface area contributed by atoms with E-state index in [0.717, 1.165) is 11.3 Å². The van der Waals surface area contributed by atoms with Crippen molar-refractivity contribution < 1.29 is 19.4 Å². The van der Waals surface area contributed by atoms with E-state index in [1.54, 1.807) is 30.3 Å². The van der Waals surface area contributed by atoms with Gasteiger partial charge in [0.2, 0.25) is 5.91 Å². The number of carbonyl (C=O) groups excluding carboxylic acids is 2. The highest BCUT2D eigenvalue weighted by molar-refractivity contribution is 5.97. The first-order valence-corrected chi connectivity index (χ1v) is 11.4. The molecule has 0 aliphatic rings. The maximum atomic E-state index is 13.6. The predicted octanol–water partition coefficient (Wildman–Crippen LogP) is 4.17. The van der Waals surface area contributed by atoms with E-state index in [-0.39, 0.29) is 25.0 Å². The van der Waals surface area contributed by atoms with Gasteiger partial charge in [0, 0.05) is 17.8 Å². The van der Waals surface area contributed by atoms with Crippen molar-refractivity contribution >= 4 is 11.8 Å². The van der Waals surface area contributed by atoms with Gasteiger partial charge in [0.05, 0.1) is 13.2 Å². The quantitative estimate of drug-likeness (QED) is 0.444. The molecule has 0 bridgehead atoms. The second-order valence-electron chi connectivity index (χ2n) is 9.02. The second kappa shape index (κ2) is 11.0. The first-order valence-electron chi connectivity index (χ1n) is 11.4. The Morgan fingerprint density at radius 3 is 2.29 bits per heavy atom. The van der Waals surface area contributed by atoms with E-state index in [9.17, 15) is 14.7 Å². The smallest absolute Gasteiger partial charge is 0.271 e. The molecule has 0 radical (unpaired) electrons. The van der Waals surface area contributed by atoms with E-state index in [4.69, 9.17) is 4.74 Å². The summed E-state index contributed by atoms with van der Waals surface area (Å²) < 4.78 is 5.53. The minimum absolute atomic E-state index is 0.00599. The van der Waals surface area contributed by atoms with Crippen molar-refractivity contribution in [1.29, 1.82) is 0 Å². The normalized spacial score (nSPS) is 12.1. The molecule has 34 heavy (non-hydrogen) atoms. The summed E-state index contributed by atoms with van der Waals surface area (Å²) in [4.78, 5) is 31.6. The van der Waals surface area contributed by atoms with E-state index >= 15 is 0 Å². The Kier molecular flexibility index (Phi) is 8.12. The SMILES string of the molecule is CCOc1ccc(C(C(=O)NC(C)(C)C)N(CCO)C(=O)c2ccc(-c3ccccc3)[nH]2)cc1. The van der Waals surface area contributed by atoms with Crippen LogP contribution >= 0.6 is 0 Å². The molecule has 2 amide bonds. The number of ether oxygens (including phenoxy) is 1. The second-order valence-corrected chi connectivity index (χ2v) is 9.02. The van der Waals surface area contributed by atoms with Crippen molar-refractivity contribution in [3.05, 3.63) is 78.0 Å². The number of nitrogens with zero attached hydrogens (tertiary/aromatic N) is 1. The summed E-state index contributed by atoms with van der Waals surface area (Å²) in [5.41, 5.74) is 2.21. The maximum absolute atomic E-state index is 13.6. The van der Waals surface area contributed by atoms with Gasteiger partial charge in [-0.15, -0.1) is 0 Å². The number of aromatic nitrogens is 1. The molecule has 0 aliphatic carbocycles. The van der Waals surface area contributed by atoms with Gasteiger partial charge in [-0.25, -0.2) is 0 Å². The van der Waals surface area contributed by atoms with Gasteiger partial charge in [0.1, 0.15) is 17.5 Å². The number of nitrogens with one attached hydrogen (secondary N) is 2. The maximum Gasteiger partial charge on any atom is 0.271 e. The van der Waals surface area contributed by atoms with Crippen LogP contribution in [-0.2, 0) is 4.79 Å². The lowest BCUT2D eigenvalue weighted by Gasteiger charge is -2.33. The van der Waals surface area contributed by atoms with Crippen molar-refractivity contribution in [1.82, 2.24) is 15.2 Å². The number of aromatic amines is 1. The van der Waals surface area contributed by atoms with E-state index in [0.29, 0.717) is 23.6 Å². The molecule has 3 aromatic rings. The number of aliphatic hydroxyl groups excluding tert-OH is 1. The fraction of sp³-hybridized carbons (Fsp3) is 0.333. The third kappa shape index (κ3) is 6.26. The fourth-order valence-corrected chi connectivity index (χ4v) is 3.74. The van der Waals surface area contributed by atoms with Crippen LogP contribution in [0.1, 0.15) is 49.8 Å². The average molecular weight is 464 g/mol. The van der Waals surface area contributed by atoms with Gasteiger partial charge in [-0.3, -0.25) is 9.59 Å². The molecule has 1 atom stereocenters. The van der Waals surface area contributed by atoms with Gasteiger partial charge in [-0.05, 0) is 63.1 Å². The van der Waals surface area contributed by atoms with Crippen molar-refractivity contribution in [2.75, 3.05) is 19.8 Å². The zero-order valence-corrected chi connectivity index (χ0v) is 20.2. The van der Waals surface area contributed by atoms with Gasteiger partial charge in [0.25, 0.3) is 5.91 Å². The molecule has 7 nitrogen and oxygen atoms in total. The van der Waals surface area contributed by atoms with Crippen LogP contribution in [0.3, 0.4) is 0 Å². The van der Waals surface area contributed by atoms with Crippen molar-refractivity contribution in [2.45, 2.75) is 39.3 Å². The number of H-pyrrole nitrogens is 1. The number of amides is 2. The Morgan fingerprint density at radius 1 is 1.03 bits per heavy atom. The molecule has 0 saturated carbocycles. The van der Waals surface area contributed by atoms with E-state index in [1.807, 2.05) is 64.1 Å². The average Bonchev–Trinajstić information content (AvgIpc) is 3.29. The molecule has 0 saturated heterocycles. The summed E-state index contributed by atoms with van der Waals surface area (Å²) in [6.07, 6.45) is 0. The molecule has 2 aromatic carbocycles. The third-order valence-electron chi connectivity index (χ3n) is 5.17. The van der Waals surface area contributed by atoms with E-state index in [2.05, 4.69) is 10.3 Å². The van der Waals surface area contributed by atoms with Crippen LogP contribution in [0.5, 0.6) is 5.75 Å². The molecule has 0 aliphatic heterocycles. The predicted molar refractivity (Wildman–Crippen MR) is 133 cm³/mol. The fourth-order valence-electron chi connectivity index (χ4n) is 3.74. The number of benzene rings is 2. The molecule has 1 unspecified atom stereocenters. The Hall–Kier alpha value is -3.58. The van der Waals surface area contributed by atoms with Crippen LogP contribution in [0.4, 0.5) is 0 Å². The van der Waals surface area contributed by atoms with Crippen molar-refractivity contribution in [3.63, 3.8) is 0 Å². The summed E-state index contributed by atoms with van der Waals surface area (Å²) in [6, 6.07) is 19.4. The Balaban J connectivity index is 1.98. The number of hydrogen-bond acceptors (Lipinski definition) is 4. The van der Waals surface area contributed by atoms with Crippen LogP contribution in [-0.4, -0.2) is 52.1 Å². The molecule has 3 rings (SSSR count). The highest BCUT2D eigenvalue weighted by Gasteiger charge is 2.34. The molecule has 3 N–H and O–H groups in total. The molecular weight excluding hydrogens is 430 g/mol. The molecule has 7 heteroatoms. The van der Waals surface area contributed by atoms with Crippen LogP contribution < -0.4 is 10.1 Å². The first-order chi connectivity index (χ1) is 16.2. The summed E-state index contributed by atoms with van der Waals surface area (Å²) in [5, 5.41) is 12.8. The van der Waals surface area contributed by atoms with Gasteiger partial charge >= 0.3 is 0 Å². The lowest BCUT2D eigenvalue weighted by Crippen LogP contribution is -2.50. The Bertz CT molecular complexity index is 1090. The van der Waals surface area contributed by atoms with Crippen LogP contribution in [0, 0.1) is 0 Å². The summed E-state index contributed by atoms with van der Waals surface area (Å²) in [6.45, 7) is 7.79. The van der Waals surface area contributed by atoms with Crippen LogP contribution in [0.15, 0.2) is 66.7 Å². The molecule has 180 valence electrons. The van der Waals surface area contributed by atoms with E-state index < -0.39 is 11.6 Å². The highest BCUT2D eigenvalue weighted by atomic mass is 16.5. The monoisotopic (exact) mass is 463 g/mol. The summed E-state index contributed by atoms with van der Waals surface area (Å²) in [7, 11) is 0. The number of carbonyl (C=O) groups is 2. The Labute approximate surface area is 200 Å². The standard InChI is InChI=1S/C27H33N3O4/c1-5-34-21-13-11-20(12-14-21)24(25(32)29-27(2,3)4)30(17-18-31)26(33)23-16-15-22(28-23)19-9-7-6-8-10-19/h6-16,24,28,31H,5,17-18H2,1-4H3,(H,29,32). The summed E-state index contributed by atoms with van der Waals surface area (Å²) >= 11 is 0. The lowest BCUT2D eigenvalue weighted by atomic mass is 10.0. The zero-order chi connectivity index (χ0) is 24.7. The highest BCUT2D eigenvalue weighted by Crippen LogP contribution is 2.27. The minimum atomic E-state index is -0.932. The van der Waals surface area contributed by atoms with Gasteiger partial charge in [-0.1, -0.05) is 42.5 Å².